The second kappa shape index (κ2) is 7.46. The first-order valence-corrected chi connectivity index (χ1v) is 9.68. The van der Waals surface area contributed by atoms with Crippen molar-refractivity contribution < 1.29 is 4.79 Å². The number of benzene rings is 1. The Labute approximate surface area is 164 Å². The Morgan fingerprint density at radius 2 is 1.93 bits per heavy atom. The fourth-order valence-corrected chi connectivity index (χ4v) is 3.77. The molecular weight excluding hydrogens is 350 g/mol. The quantitative estimate of drug-likeness (QED) is 0.535. The van der Waals surface area contributed by atoms with Gasteiger partial charge in [-0.05, 0) is 43.0 Å². The Hall–Kier alpha value is -3.15. The average molecular weight is 375 g/mol. The fourth-order valence-electron chi connectivity index (χ4n) is 3.77. The molecule has 1 atom stereocenters. The molecule has 4 aromatic rings. The van der Waals surface area contributed by atoms with E-state index in [0.717, 1.165) is 40.1 Å². The van der Waals surface area contributed by atoms with Crippen molar-refractivity contribution >= 4 is 22.5 Å². The van der Waals surface area contributed by atoms with Crippen LogP contribution in [0.2, 0.25) is 0 Å². The summed E-state index contributed by atoms with van der Waals surface area (Å²) in [5.41, 5.74) is 3.92. The Balaban J connectivity index is 1.60. The van der Waals surface area contributed by atoms with Crippen LogP contribution >= 0.6 is 0 Å². The van der Waals surface area contributed by atoms with Gasteiger partial charge in [-0.2, -0.15) is 0 Å². The number of H-pyrrole nitrogens is 1. The number of aromatic nitrogens is 4. The van der Waals surface area contributed by atoms with Gasteiger partial charge in [0, 0.05) is 22.8 Å². The zero-order valence-corrected chi connectivity index (χ0v) is 16.4. The summed E-state index contributed by atoms with van der Waals surface area (Å²) in [4.78, 5) is 16.3. The molecule has 3 heterocycles. The first-order valence-electron chi connectivity index (χ1n) is 9.68. The van der Waals surface area contributed by atoms with Crippen molar-refractivity contribution in [2.75, 3.05) is 0 Å². The first-order chi connectivity index (χ1) is 13.5. The highest BCUT2D eigenvalue weighted by Crippen LogP contribution is 2.24. The number of hydrogen-bond donors (Lipinski definition) is 2. The largest absolute Gasteiger partial charge is 0.358 e. The summed E-state index contributed by atoms with van der Waals surface area (Å²) >= 11 is 0. The zero-order chi connectivity index (χ0) is 19.7. The second-order valence-corrected chi connectivity index (χ2v) is 7.69. The molecule has 6 heteroatoms. The monoisotopic (exact) mass is 375 g/mol. The van der Waals surface area contributed by atoms with Gasteiger partial charge in [-0.15, -0.1) is 10.2 Å². The molecule has 0 spiro atoms. The smallest absolute Gasteiger partial charge is 0.225 e. The van der Waals surface area contributed by atoms with Crippen LogP contribution in [0.25, 0.3) is 16.6 Å². The SMILES string of the molecule is Cc1[nH]c2ccccc2c1CC(=O)N[C@H](CC(C)C)c1nnc2ccccn12. The van der Waals surface area contributed by atoms with Crippen molar-refractivity contribution in [3.63, 3.8) is 0 Å². The maximum atomic E-state index is 12.9. The molecule has 0 aliphatic carbocycles. The first kappa shape index (κ1) is 18.2. The molecule has 0 bridgehead atoms. The van der Waals surface area contributed by atoms with Crippen LogP contribution in [0.1, 0.15) is 43.4 Å². The number of carbonyl (C=O) groups is 1. The highest BCUT2D eigenvalue weighted by Gasteiger charge is 2.22. The number of aryl methyl sites for hydroxylation is 1. The molecule has 3 aromatic heterocycles. The number of nitrogens with zero attached hydrogens (tertiary/aromatic N) is 3. The molecule has 0 saturated heterocycles. The summed E-state index contributed by atoms with van der Waals surface area (Å²) in [6.45, 7) is 6.30. The van der Waals surface area contributed by atoms with Crippen LogP contribution in [0, 0.1) is 12.8 Å². The molecule has 6 nitrogen and oxygen atoms in total. The van der Waals surface area contributed by atoms with Crippen molar-refractivity contribution in [2.24, 2.45) is 5.92 Å². The molecule has 0 aliphatic rings. The third-order valence-electron chi connectivity index (χ3n) is 5.06. The van der Waals surface area contributed by atoms with Crippen LogP contribution in [0.3, 0.4) is 0 Å². The van der Waals surface area contributed by atoms with Crippen molar-refractivity contribution in [1.29, 1.82) is 0 Å². The Kier molecular flexibility index (Phi) is 4.86. The van der Waals surface area contributed by atoms with E-state index >= 15 is 0 Å². The van der Waals surface area contributed by atoms with Crippen molar-refractivity contribution in [3.05, 3.63) is 65.7 Å². The Morgan fingerprint density at radius 3 is 2.75 bits per heavy atom. The fraction of sp³-hybridized carbons (Fsp3) is 0.318. The number of aromatic amines is 1. The molecule has 0 fully saturated rings. The standard InChI is InChI=1S/C22H25N5O/c1-14(2)12-19(22-26-25-20-10-6-7-11-27(20)22)24-21(28)13-17-15(3)23-18-9-5-4-8-16(17)18/h4-11,14,19,23H,12-13H2,1-3H3,(H,24,28)/t19-/m1/s1. The number of hydrogen-bond acceptors (Lipinski definition) is 3. The topological polar surface area (TPSA) is 75.1 Å². The lowest BCUT2D eigenvalue weighted by molar-refractivity contribution is -0.121. The van der Waals surface area contributed by atoms with Gasteiger partial charge in [-0.25, -0.2) is 0 Å². The molecule has 0 aliphatic heterocycles. The summed E-state index contributed by atoms with van der Waals surface area (Å²) in [5.74, 6) is 1.18. The number of nitrogens with one attached hydrogen (secondary N) is 2. The van der Waals surface area contributed by atoms with Gasteiger partial charge in [0.05, 0.1) is 12.5 Å². The van der Waals surface area contributed by atoms with E-state index in [9.17, 15) is 4.79 Å². The van der Waals surface area contributed by atoms with Gasteiger partial charge in [-0.1, -0.05) is 38.1 Å². The summed E-state index contributed by atoms with van der Waals surface area (Å²) in [6.07, 6.45) is 3.07. The molecule has 28 heavy (non-hydrogen) atoms. The van der Waals surface area contributed by atoms with Gasteiger partial charge >= 0.3 is 0 Å². The van der Waals surface area contributed by atoms with Crippen LogP contribution in [0.4, 0.5) is 0 Å². The number of amides is 1. The molecule has 144 valence electrons. The minimum absolute atomic E-state index is 0.00816. The van der Waals surface area contributed by atoms with Crippen LogP contribution in [-0.2, 0) is 11.2 Å². The molecular formula is C22H25N5O. The van der Waals surface area contributed by atoms with E-state index in [-0.39, 0.29) is 11.9 Å². The highest BCUT2D eigenvalue weighted by atomic mass is 16.1. The summed E-state index contributed by atoms with van der Waals surface area (Å²) < 4.78 is 1.95. The van der Waals surface area contributed by atoms with Crippen molar-refractivity contribution in [1.82, 2.24) is 24.9 Å². The van der Waals surface area contributed by atoms with Gasteiger partial charge in [0.25, 0.3) is 0 Å². The number of carbonyl (C=O) groups excluding carboxylic acids is 1. The van der Waals surface area contributed by atoms with E-state index in [1.54, 1.807) is 0 Å². The predicted octanol–water partition coefficient (Wildman–Crippen LogP) is 3.97. The van der Waals surface area contributed by atoms with E-state index in [1.807, 2.05) is 53.9 Å². The van der Waals surface area contributed by atoms with Gasteiger partial charge in [0.15, 0.2) is 11.5 Å². The molecule has 2 N–H and O–H groups in total. The van der Waals surface area contributed by atoms with Gasteiger partial charge in [-0.3, -0.25) is 9.20 Å². The number of rotatable bonds is 6. The average Bonchev–Trinajstić information content (AvgIpc) is 3.22. The molecule has 0 unspecified atom stereocenters. The second-order valence-electron chi connectivity index (χ2n) is 7.69. The van der Waals surface area contributed by atoms with E-state index in [2.05, 4.69) is 40.4 Å². The van der Waals surface area contributed by atoms with Crippen LogP contribution < -0.4 is 5.32 Å². The highest BCUT2D eigenvalue weighted by molar-refractivity contribution is 5.90. The number of fused-ring (bicyclic) bond motifs is 2. The maximum Gasteiger partial charge on any atom is 0.225 e. The maximum absolute atomic E-state index is 12.9. The lowest BCUT2D eigenvalue weighted by Gasteiger charge is -2.19. The van der Waals surface area contributed by atoms with E-state index in [1.165, 1.54) is 0 Å². The molecule has 0 radical (unpaired) electrons. The zero-order valence-electron chi connectivity index (χ0n) is 16.4. The van der Waals surface area contributed by atoms with Crippen molar-refractivity contribution in [2.45, 2.75) is 39.7 Å². The molecule has 0 saturated carbocycles. The van der Waals surface area contributed by atoms with Gasteiger partial charge in [0.2, 0.25) is 5.91 Å². The van der Waals surface area contributed by atoms with Crippen molar-refractivity contribution in [3.8, 4) is 0 Å². The van der Waals surface area contributed by atoms with Gasteiger partial charge in [0.1, 0.15) is 0 Å². The van der Waals surface area contributed by atoms with Gasteiger partial charge < -0.3 is 10.3 Å². The van der Waals surface area contributed by atoms with Crippen LogP contribution in [-0.4, -0.2) is 25.5 Å². The third-order valence-corrected chi connectivity index (χ3v) is 5.06. The molecule has 1 aromatic carbocycles. The summed E-state index contributed by atoms with van der Waals surface area (Å²) in [5, 5.41) is 12.9. The van der Waals surface area contributed by atoms with E-state index in [4.69, 9.17) is 0 Å². The van der Waals surface area contributed by atoms with E-state index in [0.29, 0.717) is 12.3 Å². The van der Waals surface area contributed by atoms with Crippen LogP contribution in [0.5, 0.6) is 0 Å². The number of pyridine rings is 1. The minimum Gasteiger partial charge on any atom is -0.358 e. The summed E-state index contributed by atoms with van der Waals surface area (Å²) in [7, 11) is 0. The predicted molar refractivity (Wildman–Crippen MR) is 110 cm³/mol. The van der Waals surface area contributed by atoms with Crippen LogP contribution in [0.15, 0.2) is 48.7 Å². The van der Waals surface area contributed by atoms with E-state index < -0.39 is 0 Å². The Morgan fingerprint density at radius 1 is 1.14 bits per heavy atom. The lowest BCUT2D eigenvalue weighted by atomic mass is 10.0. The third kappa shape index (κ3) is 3.50. The Bertz CT molecular complexity index is 1120. The lowest BCUT2D eigenvalue weighted by Crippen LogP contribution is -2.32. The molecule has 1 amide bonds. The normalized spacial score (nSPS) is 12.7. The number of para-hydroxylation sites is 1. The minimum atomic E-state index is -0.185. The molecule has 4 rings (SSSR count). The summed E-state index contributed by atoms with van der Waals surface area (Å²) in [6, 6.07) is 13.7.